The Hall–Kier alpha value is -1.90. The van der Waals surface area contributed by atoms with Gasteiger partial charge in [0.25, 0.3) is 0 Å². The topological polar surface area (TPSA) is 18.5 Å². The molecule has 0 bridgehead atoms. The second kappa shape index (κ2) is 8.31. The van der Waals surface area contributed by atoms with Gasteiger partial charge in [0.1, 0.15) is 11.7 Å². The third-order valence-electron chi connectivity index (χ3n) is 2.98. The first kappa shape index (κ1) is 16.2. The van der Waals surface area contributed by atoms with Crippen LogP contribution >= 0.6 is 0 Å². The Kier molecular flexibility index (Phi) is 6.71. The third-order valence-corrected chi connectivity index (χ3v) is 2.98. The van der Waals surface area contributed by atoms with Crippen LogP contribution in [0.15, 0.2) is 81.0 Å². The van der Waals surface area contributed by atoms with E-state index < -0.39 is 5.60 Å². The Morgan fingerprint density at radius 3 is 2.05 bits per heavy atom. The van der Waals surface area contributed by atoms with E-state index >= 15 is 0 Å². The highest BCUT2D eigenvalue weighted by atomic mass is 16.5. The number of benzene rings is 1. The minimum Gasteiger partial charge on any atom is -0.366 e. The molecule has 0 saturated carbocycles. The molecule has 0 unspecified atom stereocenters. The molecule has 20 heavy (non-hydrogen) atoms. The van der Waals surface area contributed by atoms with Gasteiger partial charge in [-0.2, -0.15) is 0 Å². The zero-order valence-corrected chi connectivity index (χ0v) is 11.8. The van der Waals surface area contributed by atoms with Gasteiger partial charge in [-0.1, -0.05) is 67.8 Å². The Bertz CT molecular complexity index is 440. The predicted molar refractivity (Wildman–Crippen MR) is 84.6 cm³/mol. The van der Waals surface area contributed by atoms with Gasteiger partial charge in [-0.15, -0.1) is 13.2 Å². The van der Waals surface area contributed by atoms with E-state index in [0.717, 1.165) is 5.56 Å². The highest BCUT2D eigenvalue weighted by Gasteiger charge is 2.36. The largest absolute Gasteiger partial charge is 0.366 e. The lowest BCUT2D eigenvalue weighted by Crippen LogP contribution is -2.37. The lowest BCUT2D eigenvalue weighted by molar-refractivity contribution is -0.0816. The molecule has 1 aromatic rings. The van der Waals surface area contributed by atoms with E-state index in [1.165, 1.54) is 0 Å². The molecule has 0 heterocycles. The molecular weight excluding hydrogens is 248 g/mol. The van der Waals surface area contributed by atoms with Crippen LogP contribution in [0.4, 0.5) is 0 Å². The molecule has 0 aliphatic rings. The summed E-state index contributed by atoms with van der Waals surface area (Å²) in [5.41, 5.74) is 0.191. The summed E-state index contributed by atoms with van der Waals surface area (Å²) in [6.07, 6.45) is 6.49. The summed E-state index contributed by atoms with van der Waals surface area (Å²) in [6, 6.07) is 9.87. The highest BCUT2D eigenvalue weighted by Crippen LogP contribution is 2.35. The lowest BCUT2D eigenvalue weighted by atomic mass is 9.90. The molecule has 0 saturated heterocycles. The Morgan fingerprint density at radius 1 is 0.950 bits per heavy atom. The molecule has 0 spiro atoms. The molecule has 106 valence electrons. The maximum atomic E-state index is 5.90. The molecule has 1 rings (SSSR count). The molecule has 0 aliphatic heterocycles. The van der Waals surface area contributed by atoms with Gasteiger partial charge < -0.3 is 9.47 Å². The van der Waals surface area contributed by atoms with Crippen molar-refractivity contribution in [3.8, 4) is 0 Å². The average Bonchev–Trinajstić information content (AvgIpc) is 2.52. The smallest absolute Gasteiger partial charge is 0.134 e. The fraction of sp³-hybridized carbons (Fsp3) is 0.222. The van der Waals surface area contributed by atoms with Gasteiger partial charge in [-0.3, -0.25) is 0 Å². The van der Waals surface area contributed by atoms with Crippen molar-refractivity contribution in [1.82, 2.24) is 0 Å². The Labute approximate surface area is 121 Å². The summed E-state index contributed by atoms with van der Waals surface area (Å²) in [5, 5.41) is 0. The van der Waals surface area contributed by atoms with E-state index in [1.807, 2.05) is 30.3 Å². The normalized spacial score (nSPS) is 12.4. The van der Waals surface area contributed by atoms with Crippen molar-refractivity contribution in [3.63, 3.8) is 0 Å². The molecular formula is C18H22O2. The van der Waals surface area contributed by atoms with Gasteiger partial charge in [0, 0.05) is 0 Å². The monoisotopic (exact) mass is 270 g/mol. The van der Waals surface area contributed by atoms with Crippen LogP contribution in [-0.2, 0) is 9.47 Å². The quantitative estimate of drug-likeness (QED) is 0.592. The van der Waals surface area contributed by atoms with Crippen LogP contribution in [0.3, 0.4) is 0 Å². The van der Waals surface area contributed by atoms with E-state index in [0.29, 0.717) is 13.2 Å². The summed E-state index contributed by atoms with van der Waals surface area (Å²) >= 11 is 0. The van der Waals surface area contributed by atoms with E-state index in [4.69, 9.17) is 9.47 Å². The maximum absolute atomic E-state index is 5.90. The second-order valence-corrected chi connectivity index (χ2v) is 4.27. The molecule has 0 amide bonds. The number of ether oxygens (including phenoxy) is 2. The van der Waals surface area contributed by atoms with Crippen LogP contribution in [0.5, 0.6) is 0 Å². The molecule has 2 nitrogen and oxygen atoms in total. The fourth-order valence-corrected chi connectivity index (χ4v) is 1.97. The van der Waals surface area contributed by atoms with Gasteiger partial charge in [0.2, 0.25) is 0 Å². The first-order valence-electron chi connectivity index (χ1n) is 6.53. The maximum Gasteiger partial charge on any atom is 0.134 e. The van der Waals surface area contributed by atoms with E-state index in [9.17, 15) is 0 Å². The van der Waals surface area contributed by atoms with Gasteiger partial charge in [0.15, 0.2) is 0 Å². The predicted octanol–water partition coefficient (Wildman–Crippen LogP) is 4.24. The molecule has 0 aliphatic carbocycles. The van der Waals surface area contributed by atoms with Crippen molar-refractivity contribution in [2.24, 2.45) is 0 Å². The molecule has 0 N–H and O–H groups in total. The first-order chi connectivity index (χ1) is 9.74. The standard InChI is InChI=1S/C18H22O2/c1-5-14-19-17(16-12-10-9-11-13-16)18(7-3,8-4)20-15-6-2/h5-13,17H,1-4,14-15H2/t17-/m0/s1. The molecule has 2 heteroatoms. The average molecular weight is 270 g/mol. The molecule has 0 radical (unpaired) electrons. The zero-order chi connectivity index (χ0) is 14.8. The molecule has 0 fully saturated rings. The SMILES string of the molecule is C=CCO[C@@H](c1ccccc1)C(C=C)(C=C)OCC=C. The van der Waals surface area contributed by atoms with Crippen molar-refractivity contribution in [2.75, 3.05) is 13.2 Å². The summed E-state index contributed by atoms with van der Waals surface area (Å²) in [7, 11) is 0. The van der Waals surface area contributed by atoms with Crippen molar-refractivity contribution in [1.29, 1.82) is 0 Å². The summed E-state index contributed by atoms with van der Waals surface area (Å²) in [6.45, 7) is 15.9. The van der Waals surface area contributed by atoms with Crippen molar-refractivity contribution < 1.29 is 9.47 Å². The number of hydrogen-bond acceptors (Lipinski definition) is 2. The first-order valence-corrected chi connectivity index (χ1v) is 6.53. The Balaban J connectivity index is 3.16. The van der Waals surface area contributed by atoms with Crippen LogP contribution in [0, 0.1) is 0 Å². The van der Waals surface area contributed by atoms with Crippen LogP contribution in [0.2, 0.25) is 0 Å². The highest BCUT2D eigenvalue weighted by molar-refractivity contribution is 5.27. The Morgan fingerprint density at radius 2 is 1.55 bits per heavy atom. The van der Waals surface area contributed by atoms with Gasteiger partial charge in [0.05, 0.1) is 13.2 Å². The number of rotatable bonds is 10. The van der Waals surface area contributed by atoms with Crippen molar-refractivity contribution in [3.05, 3.63) is 86.5 Å². The van der Waals surface area contributed by atoms with Crippen LogP contribution < -0.4 is 0 Å². The summed E-state index contributed by atoms with van der Waals surface area (Å²) in [5.74, 6) is 0. The third kappa shape index (κ3) is 3.80. The molecule has 1 aromatic carbocycles. The van der Waals surface area contributed by atoms with E-state index in [-0.39, 0.29) is 6.10 Å². The number of hydrogen-bond donors (Lipinski definition) is 0. The van der Waals surface area contributed by atoms with Crippen LogP contribution in [-0.4, -0.2) is 18.8 Å². The van der Waals surface area contributed by atoms with Gasteiger partial charge in [-0.05, 0) is 5.56 Å². The van der Waals surface area contributed by atoms with Gasteiger partial charge in [-0.25, -0.2) is 0 Å². The second-order valence-electron chi connectivity index (χ2n) is 4.27. The minimum atomic E-state index is -0.807. The minimum absolute atomic E-state index is 0.336. The van der Waals surface area contributed by atoms with E-state index in [2.05, 4.69) is 26.3 Å². The van der Waals surface area contributed by atoms with E-state index in [1.54, 1.807) is 24.3 Å². The molecule has 0 aromatic heterocycles. The molecule has 1 atom stereocenters. The fourth-order valence-electron chi connectivity index (χ4n) is 1.97. The summed E-state index contributed by atoms with van der Waals surface area (Å²) < 4.78 is 11.8. The van der Waals surface area contributed by atoms with Crippen molar-refractivity contribution in [2.45, 2.75) is 11.7 Å². The summed E-state index contributed by atoms with van der Waals surface area (Å²) in [4.78, 5) is 0. The van der Waals surface area contributed by atoms with Crippen LogP contribution in [0.1, 0.15) is 11.7 Å². The zero-order valence-electron chi connectivity index (χ0n) is 11.8. The van der Waals surface area contributed by atoms with Gasteiger partial charge >= 0.3 is 0 Å². The van der Waals surface area contributed by atoms with Crippen LogP contribution in [0.25, 0.3) is 0 Å². The lowest BCUT2D eigenvalue weighted by Gasteiger charge is -2.35. The van der Waals surface area contributed by atoms with Crippen molar-refractivity contribution >= 4 is 0 Å².